The molecular weight excluding hydrogens is 383 g/mol. The molecule has 0 heterocycles. The van der Waals surface area contributed by atoms with Crippen LogP contribution in [0.25, 0.3) is 0 Å². The quantitative estimate of drug-likeness (QED) is 0.412. The smallest absolute Gasteiger partial charge is 0.116 e. The predicted molar refractivity (Wildman–Crippen MR) is 130 cm³/mol. The van der Waals surface area contributed by atoms with E-state index in [4.69, 9.17) is 0 Å². The fraction of sp³-hybridized carbons (Fsp3) is 0.143. The Morgan fingerprint density at radius 3 is 1.13 bits per heavy atom. The Labute approximate surface area is 181 Å². The highest BCUT2D eigenvalue weighted by atomic mass is 31.2. The van der Waals surface area contributed by atoms with Gasteiger partial charge in [0.15, 0.2) is 0 Å². The van der Waals surface area contributed by atoms with Crippen LogP contribution in [-0.2, 0) is 6.16 Å². The molecule has 30 heavy (non-hydrogen) atoms. The van der Waals surface area contributed by atoms with Gasteiger partial charge in [-0.2, -0.15) is 0 Å². The lowest BCUT2D eigenvalue weighted by Gasteiger charge is -2.27. The maximum Gasteiger partial charge on any atom is 0.116 e. The topological polar surface area (TPSA) is 23.1 Å². The summed E-state index contributed by atoms with van der Waals surface area (Å²) in [5.74, 6) is 0. The zero-order valence-corrected chi connectivity index (χ0v) is 18.4. The van der Waals surface area contributed by atoms with Crippen molar-refractivity contribution in [2.45, 2.75) is 19.5 Å². The summed E-state index contributed by atoms with van der Waals surface area (Å²) in [5.41, 5.74) is 1.39. The summed E-state index contributed by atoms with van der Waals surface area (Å²) in [5, 5.41) is 13.6. The lowest BCUT2D eigenvalue weighted by molar-refractivity contribution is -0.367. The molecule has 0 radical (unpaired) electrons. The van der Waals surface area contributed by atoms with Crippen molar-refractivity contribution in [3.05, 3.63) is 127 Å². The first-order valence-electron chi connectivity index (χ1n) is 10.5. The minimum absolute atomic E-state index is 0.0694. The molecule has 0 aromatic heterocycles. The summed E-state index contributed by atoms with van der Waals surface area (Å²) < 4.78 is 0. The molecule has 0 aliphatic carbocycles. The third kappa shape index (κ3) is 5.25. The van der Waals surface area contributed by atoms with Crippen LogP contribution in [0.5, 0.6) is 0 Å². The van der Waals surface area contributed by atoms with Crippen LogP contribution in [0.1, 0.15) is 18.9 Å². The van der Waals surface area contributed by atoms with Gasteiger partial charge < -0.3 is 5.11 Å². The van der Waals surface area contributed by atoms with Crippen molar-refractivity contribution in [1.29, 1.82) is 0 Å². The van der Waals surface area contributed by atoms with Gasteiger partial charge in [0.05, 0.1) is 6.16 Å². The molecule has 0 fully saturated rings. The van der Waals surface area contributed by atoms with Gasteiger partial charge in [-0.3, -0.25) is 0 Å². The standard InChI is InChI=1S/C25H22P.C3H7O/c1-5-13-22(14-6-1)21-26(23-15-7-2-8-16-23,24-17-9-3-10-18-24)25-19-11-4-12-20-25;1-2-3-4/h1-20H,21H2;2-3H2,1H3/q+1;-1. The van der Waals surface area contributed by atoms with Crippen LogP contribution in [0.3, 0.4) is 0 Å². The van der Waals surface area contributed by atoms with Crippen molar-refractivity contribution in [3.8, 4) is 0 Å². The maximum absolute atomic E-state index is 9.30. The Kier molecular flexibility index (Phi) is 8.39. The van der Waals surface area contributed by atoms with E-state index in [1.54, 1.807) is 0 Å². The summed E-state index contributed by atoms with van der Waals surface area (Å²) in [7, 11) is -1.78. The van der Waals surface area contributed by atoms with Crippen LogP contribution in [0, 0.1) is 0 Å². The molecule has 0 spiro atoms. The van der Waals surface area contributed by atoms with E-state index >= 15 is 0 Å². The molecule has 4 rings (SSSR count). The van der Waals surface area contributed by atoms with Gasteiger partial charge in [-0.05, 0) is 42.0 Å². The number of hydrogen-bond acceptors (Lipinski definition) is 1. The number of benzene rings is 4. The summed E-state index contributed by atoms with van der Waals surface area (Å²) in [6.45, 7) is 1.94. The SMILES string of the molecule is CCC[O-].c1ccc(C[P+](c2ccccc2)(c2ccccc2)c2ccccc2)cc1. The molecule has 1 nitrogen and oxygen atoms in total. The van der Waals surface area contributed by atoms with Gasteiger partial charge in [-0.1, -0.05) is 98.3 Å². The van der Waals surface area contributed by atoms with Gasteiger partial charge in [0, 0.05) is 0 Å². The van der Waals surface area contributed by atoms with E-state index < -0.39 is 7.26 Å². The highest BCUT2D eigenvalue weighted by Crippen LogP contribution is 2.58. The molecule has 0 saturated carbocycles. The first kappa shape index (κ1) is 22.0. The van der Waals surface area contributed by atoms with Crippen molar-refractivity contribution < 1.29 is 5.11 Å². The minimum Gasteiger partial charge on any atom is -0.854 e. The van der Waals surface area contributed by atoms with E-state index in [-0.39, 0.29) is 6.61 Å². The Morgan fingerprint density at radius 2 is 0.833 bits per heavy atom. The molecule has 0 bridgehead atoms. The van der Waals surface area contributed by atoms with Gasteiger partial charge in [0.25, 0.3) is 0 Å². The van der Waals surface area contributed by atoms with Crippen molar-refractivity contribution in [2.24, 2.45) is 0 Å². The summed E-state index contributed by atoms with van der Waals surface area (Å²) in [6.07, 6.45) is 1.80. The molecule has 0 unspecified atom stereocenters. The Bertz CT molecular complexity index is 871. The van der Waals surface area contributed by atoms with Crippen LogP contribution in [-0.4, -0.2) is 6.61 Å². The van der Waals surface area contributed by atoms with Crippen LogP contribution in [0.15, 0.2) is 121 Å². The van der Waals surface area contributed by atoms with Crippen molar-refractivity contribution in [1.82, 2.24) is 0 Å². The monoisotopic (exact) mass is 412 g/mol. The molecule has 0 saturated heterocycles. The zero-order valence-electron chi connectivity index (χ0n) is 17.5. The van der Waals surface area contributed by atoms with E-state index in [1.165, 1.54) is 21.5 Å². The summed E-state index contributed by atoms with van der Waals surface area (Å²) >= 11 is 0. The van der Waals surface area contributed by atoms with Crippen molar-refractivity contribution >= 4 is 23.2 Å². The number of rotatable bonds is 6. The fourth-order valence-electron chi connectivity index (χ4n) is 3.63. The minimum atomic E-state index is -1.78. The maximum atomic E-state index is 9.30. The summed E-state index contributed by atoms with van der Waals surface area (Å²) in [4.78, 5) is 0. The lowest BCUT2D eigenvalue weighted by atomic mass is 10.2. The highest BCUT2D eigenvalue weighted by molar-refractivity contribution is 7.95. The number of hydrogen-bond donors (Lipinski definition) is 0. The molecule has 4 aromatic rings. The first-order chi connectivity index (χ1) is 14.8. The highest BCUT2D eigenvalue weighted by Gasteiger charge is 2.45. The lowest BCUT2D eigenvalue weighted by Crippen LogP contribution is -2.32. The zero-order chi connectivity index (χ0) is 21.1. The van der Waals surface area contributed by atoms with Crippen LogP contribution in [0.4, 0.5) is 0 Å². The Morgan fingerprint density at radius 1 is 0.533 bits per heavy atom. The molecule has 0 aliphatic heterocycles. The molecule has 152 valence electrons. The molecule has 2 heteroatoms. The second-order valence-electron chi connectivity index (χ2n) is 7.16. The predicted octanol–water partition coefficient (Wildman–Crippen LogP) is 4.94. The average molecular weight is 413 g/mol. The third-order valence-corrected chi connectivity index (χ3v) is 9.44. The molecule has 4 aromatic carbocycles. The fourth-order valence-corrected chi connectivity index (χ4v) is 7.87. The largest absolute Gasteiger partial charge is 0.854 e. The van der Waals surface area contributed by atoms with E-state index in [0.29, 0.717) is 0 Å². The van der Waals surface area contributed by atoms with Gasteiger partial charge in [-0.25, -0.2) is 0 Å². The van der Waals surface area contributed by atoms with Gasteiger partial charge in [-0.15, -0.1) is 6.61 Å². The third-order valence-electron chi connectivity index (χ3n) is 5.06. The van der Waals surface area contributed by atoms with Gasteiger partial charge >= 0.3 is 0 Å². The Hall–Kier alpha value is -2.73. The molecule has 0 aliphatic rings. The van der Waals surface area contributed by atoms with E-state index in [0.717, 1.165) is 12.6 Å². The van der Waals surface area contributed by atoms with Crippen molar-refractivity contribution in [2.75, 3.05) is 6.61 Å². The Balaban J connectivity index is 0.000000589. The first-order valence-corrected chi connectivity index (χ1v) is 12.5. The van der Waals surface area contributed by atoms with Crippen molar-refractivity contribution in [3.63, 3.8) is 0 Å². The molecule has 0 N–H and O–H groups in total. The van der Waals surface area contributed by atoms with E-state index in [2.05, 4.69) is 121 Å². The van der Waals surface area contributed by atoms with Gasteiger partial charge in [0.2, 0.25) is 0 Å². The van der Waals surface area contributed by atoms with E-state index in [1.807, 2.05) is 6.92 Å². The second-order valence-corrected chi connectivity index (χ2v) is 10.6. The van der Waals surface area contributed by atoms with Crippen LogP contribution in [0.2, 0.25) is 0 Å². The van der Waals surface area contributed by atoms with Crippen LogP contribution >= 0.6 is 7.26 Å². The second kappa shape index (κ2) is 11.5. The van der Waals surface area contributed by atoms with Gasteiger partial charge in [0.1, 0.15) is 23.2 Å². The normalized spacial score (nSPS) is 10.7. The molecule has 0 amide bonds. The van der Waals surface area contributed by atoms with Crippen LogP contribution < -0.4 is 21.0 Å². The summed E-state index contributed by atoms with van der Waals surface area (Å²) in [6, 6.07) is 44.0. The molecular formula is C28H29OP. The molecule has 0 atom stereocenters. The average Bonchev–Trinajstić information content (AvgIpc) is 2.85. The van der Waals surface area contributed by atoms with E-state index in [9.17, 15) is 5.11 Å².